The first kappa shape index (κ1) is 13.5. The Bertz CT molecular complexity index is 327. The Kier molecular flexibility index (Phi) is 4.98. The molecule has 2 amide bonds. The number of nitrogens with zero attached hydrogens (tertiary/aromatic N) is 1. The number of carbonyl (C=O) groups is 2. The second kappa shape index (κ2) is 6.26. The van der Waals surface area contributed by atoms with Crippen molar-refractivity contribution in [2.24, 2.45) is 5.73 Å². The van der Waals surface area contributed by atoms with Gasteiger partial charge in [-0.15, -0.1) is 12.3 Å². The van der Waals surface area contributed by atoms with Gasteiger partial charge in [-0.1, -0.05) is 0 Å². The van der Waals surface area contributed by atoms with Gasteiger partial charge in [-0.3, -0.25) is 9.59 Å². The minimum Gasteiger partial charge on any atom is -0.352 e. The number of amides is 2. The van der Waals surface area contributed by atoms with E-state index in [1.807, 2.05) is 0 Å². The molecule has 0 radical (unpaired) electrons. The van der Waals surface area contributed by atoms with Crippen LogP contribution in [-0.4, -0.2) is 41.9 Å². The number of terminal acetylenes is 1. The highest BCUT2D eigenvalue weighted by Gasteiger charge is 2.23. The fraction of sp³-hybridized carbons (Fsp3) is 0.667. The Labute approximate surface area is 102 Å². The van der Waals surface area contributed by atoms with E-state index in [9.17, 15) is 9.59 Å². The van der Waals surface area contributed by atoms with Gasteiger partial charge in [0.05, 0.1) is 6.04 Å². The molecule has 1 aliphatic heterocycles. The van der Waals surface area contributed by atoms with Crippen LogP contribution < -0.4 is 11.1 Å². The average molecular weight is 237 g/mol. The third-order valence-electron chi connectivity index (χ3n) is 2.96. The highest BCUT2D eigenvalue weighted by atomic mass is 16.2. The number of nitrogens with two attached hydrogens (primary N) is 1. The molecule has 0 aromatic rings. The maximum absolute atomic E-state index is 11.6. The fourth-order valence-corrected chi connectivity index (χ4v) is 1.87. The molecule has 5 heteroatoms. The van der Waals surface area contributed by atoms with Gasteiger partial charge in [0.1, 0.15) is 0 Å². The molecule has 5 nitrogen and oxygen atoms in total. The Hall–Kier alpha value is -1.54. The molecule has 1 rings (SSSR count). The van der Waals surface area contributed by atoms with Crippen molar-refractivity contribution in [3.05, 3.63) is 0 Å². The lowest BCUT2D eigenvalue weighted by Crippen LogP contribution is -2.50. The molecule has 1 atom stereocenters. The van der Waals surface area contributed by atoms with Crippen molar-refractivity contribution >= 4 is 11.8 Å². The zero-order valence-corrected chi connectivity index (χ0v) is 10.1. The van der Waals surface area contributed by atoms with Gasteiger partial charge in [-0.05, 0) is 12.8 Å². The summed E-state index contributed by atoms with van der Waals surface area (Å²) in [6.45, 7) is 2.93. The lowest BCUT2D eigenvalue weighted by molar-refractivity contribution is -0.130. The number of likely N-dealkylation sites (tertiary alicyclic amines) is 1. The topological polar surface area (TPSA) is 75.4 Å². The number of nitrogens with one attached hydrogen (secondary N) is 1. The number of carbonyl (C=O) groups excluding carboxylic acids is 2. The Morgan fingerprint density at radius 3 is 2.59 bits per heavy atom. The molecule has 1 saturated heterocycles. The van der Waals surface area contributed by atoms with Gasteiger partial charge < -0.3 is 16.0 Å². The lowest BCUT2D eigenvalue weighted by Gasteiger charge is -2.32. The summed E-state index contributed by atoms with van der Waals surface area (Å²) in [4.78, 5) is 24.5. The minimum absolute atomic E-state index is 0.0822. The molecule has 0 spiro atoms. The van der Waals surface area contributed by atoms with E-state index in [0.717, 1.165) is 12.8 Å². The summed E-state index contributed by atoms with van der Waals surface area (Å²) < 4.78 is 0. The molecular weight excluding hydrogens is 218 g/mol. The fourth-order valence-electron chi connectivity index (χ4n) is 1.87. The standard InChI is InChI=1S/C12H19N3O2/c1-3-4-11(13)12(17)14-10-5-7-15(8-6-10)9(2)16/h1,10-11H,4-8,13H2,2H3,(H,14,17). The van der Waals surface area contributed by atoms with Gasteiger partial charge in [-0.2, -0.15) is 0 Å². The largest absolute Gasteiger partial charge is 0.352 e. The second-order valence-electron chi connectivity index (χ2n) is 4.30. The predicted octanol–water partition coefficient (Wildman–Crippen LogP) is -0.536. The summed E-state index contributed by atoms with van der Waals surface area (Å²) in [5.74, 6) is 2.25. The van der Waals surface area contributed by atoms with Crippen molar-refractivity contribution in [1.82, 2.24) is 10.2 Å². The third-order valence-corrected chi connectivity index (χ3v) is 2.96. The van der Waals surface area contributed by atoms with E-state index in [0.29, 0.717) is 13.1 Å². The van der Waals surface area contributed by atoms with Crippen molar-refractivity contribution in [3.8, 4) is 12.3 Å². The maximum atomic E-state index is 11.6. The monoisotopic (exact) mass is 237 g/mol. The molecular formula is C12H19N3O2. The van der Waals surface area contributed by atoms with E-state index in [-0.39, 0.29) is 24.3 Å². The zero-order chi connectivity index (χ0) is 12.8. The van der Waals surface area contributed by atoms with E-state index in [1.165, 1.54) is 0 Å². The molecule has 0 aromatic carbocycles. The van der Waals surface area contributed by atoms with E-state index in [2.05, 4.69) is 11.2 Å². The van der Waals surface area contributed by atoms with Gasteiger partial charge in [0.15, 0.2) is 0 Å². The summed E-state index contributed by atoms with van der Waals surface area (Å²) >= 11 is 0. The first-order valence-electron chi connectivity index (χ1n) is 5.79. The SMILES string of the molecule is C#CCC(N)C(=O)NC1CCN(C(C)=O)CC1. The predicted molar refractivity (Wildman–Crippen MR) is 64.8 cm³/mol. The van der Waals surface area contributed by atoms with Crippen LogP contribution in [-0.2, 0) is 9.59 Å². The van der Waals surface area contributed by atoms with Crippen LogP contribution in [0.25, 0.3) is 0 Å². The quantitative estimate of drug-likeness (QED) is 0.648. The van der Waals surface area contributed by atoms with Crippen LogP contribution in [0.3, 0.4) is 0 Å². The Balaban J connectivity index is 2.33. The first-order valence-corrected chi connectivity index (χ1v) is 5.79. The van der Waals surface area contributed by atoms with Crippen molar-refractivity contribution in [2.45, 2.75) is 38.3 Å². The maximum Gasteiger partial charge on any atom is 0.238 e. The van der Waals surface area contributed by atoms with E-state index < -0.39 is 6.04 Å². The highest BCUT2D eigenvalue weighted by Crippen LogP contribution is 2.10. The average Bonchev–Trinajstić information content (AvgIpc) is 2.30. The molecule has 1 fully saturated rings. The number of hydrogen-bond acceptors (Lipinski definition) is 3. The number of rotatable bonds is 3. The summed E-state index contributed by atoms with van der Waals surface area (Å²) in [5, 5.41) is 2.87. The molecule has 1 unspecified atom stereocenters. The van der Waals surface area contributed by atoms with Gasteiger partial charge >= 0.3 is 0 Å². The molecule has 0 bridgehead atoms. The highest BCUT2D eigenvalue weighted by molar-refractivity contribution is 5.82. The summed E-state index contributed by atoms with van der Waals surface area (Å²) in [5.41, 5.74) is 5.60. The molecule has 1 aliphatic rings. The molecule has 0 aliphatic carbocycles. The van der Waals surface area contributed by atoms with Crippen LogP contribution in [0, 0.1) is 12.3 Å². The summed E-state index contributed by atoms with van der Waals surface area (Å²) in [7, 11) is 0. The minimum atomic E-state index is -0.633. The summed E-state index contributed by atoms with van der Waals surface area (Å²) in [6.07, 6.45) is 6.89. The molecule has 0 saturated carbocycles. The van der Waals surface area contributed by atoms with E-state index in [4.69, 9.17) is 12.2 Å². The van der Waals surface area contributed by atoms with E-state index in [1.54, 1.807) is 11.8 Å². The van der Waals surface area contributed by atoms with Gasteiger partial charge in [0.25, 0.3) is 0 Å². The van der Waals surface area contributed by atoms with Crippen molar-refractivity contribution in [2.75, 3.05) is 13.1 Å². The van der Waals surface area contributed by atoms with Crippen LogP contribution in [0.15, 0.2) is 0 Å². The second-order valence-corrected chi connectivity index (χ2v) is 4.30. The van der Waals surface area contributed by atoms with E-state index >= 15 is 0 Å². The first-order chi connectivity index (χ1) is 8.04. The van der Waals surface area contributed by atoms with Crippen LogP contribution in [0.4, 0.5) is 0 Å². The van der Waals surface area contributed by atoms with Crippen LogP contribution in [0.1, 0.15) is 26.2 Å². The zero-order valence-electron chi connectivity index (χ0n) is 10.1. The lowest BCUT2D eigenvalue weighted by atomic mass is 10.0. The molecule has 94 valence electrons. The van der Waals surface area contributed by atoms with Gasteiger partial charge in [0, 0.05) is 32.5 Å². The Morgan fingerprint density at radius 2 is 2.12 bits per heavy atom. The molecule has 17 heavy (non-hydrogen) atoms. The number of hydrogen-bond donors (Lipinski definition) is 2. The molecule has 1 heterocycles. The van der Waals surface area contributed by atoms with Crippen LogP contribution in [0.5, 0.6) is 0 Å². The van der Waals surface area contributed by atoms with Crippen LogP contribution >= 0.6 is 0 Å². The van der Waals surface area contributed by atoms with Crippen molar-refractivity contribution in [1.29, 1.82) is 0 Å². The van der Waals surface area contributed by atoms with Gasteiger partial charge in [0.2, 0.25) is 11.8 Å². The smallest absolute Gasteiger partial charge is 0.238 e. The van der Waals surface area contributed by atoms with Crippen molar-refractivity contribution < 1.29 is 9.59 Å². The molecule has 0 aromatic heterocycles. The summed E-state index contributed by atoms with van der Waals surface area (Å²) in [6, 6.07) is -0.534. The van der Waals surface area contributed by atoms with Crippen molar-refractivity contribution in [3.63, 3.8) is 0 Å². The molecule has 3 N–H and O–H groups in total. The van der Waals surface area contributed by atoms with Gasteiger partial charge in [-0.25, -0.2) is 0 Å². The Morgan fingerprint density at radius 1 is 1.53 bits per heavy atom. The number of piperidine rings is 1. The van der Waals surface area contributed by atoms with Crippen LogP contribution in [0.2, 0.25) is 0 Å². The normalized spacial score (nSPS) is 18.3. The third kappa shape index (κ3) is 4.08.